The minimum atomic E-state index is -3.55. The summed E-state index contributed by atoms with van der Waals surface area (Å²) in [6.07, 6.45) is 2.08. The highest BCUT2D eigenvalue weighted by atomic mass is 32.2. The second kappa shape index (κ2) is 7.30. The monoisotopic (exact) mass is 422 g/mol. The van der Waals surface area contributed by atoms with Crippen molar-refractivity contribution in [1.82, 2.24) is 29.3 Å². The van der Waals surface area contributed by atoms with E-state index in [0.29, 0.717) is 36.7 Å². The summed E-state index contributed by atoms with van der Waals surface area (Å²) in [6.45, 7) is 4.32. The van der Waals surface area contributed by atoms with Crippen molar-refractivity contribution in [2.45, 2.75) is 38.0 Å². The Morgan fingerprint density at radius 3 is 2.57 bits per heavy atom. The van der Waals surface area contributed by atoms with Crippen molar-refractivity contribution in [2.24, 2.45) is 5.92 Å². The summed E-state index contributed by atoms with van der Waals surface area (Å²) in [5, 5.41) is 16.2. The van der Waals surface area contributed by atoms with Crippen molar-refractivity contribution in [3.63, 3.8) is 0 Å². The quantitative estimate of drug-likeness (QED) is 0.648. The van der Waals surface area contributed by atoms with Gasteiger partial charge >= 0.3 is 5.69 Å². The first-order chi connectivity index (χ1) is 13.4. The van der Waals surface area contributed by atoms with Gasteiger partial charge in [-0.15, -0.1) is 11.3 Å². The third-order valence-electron chi connectivity index (χ3n) is 5.17. The molecule has 0 aromatic carbocycles. The van der Waals surface area contributed by atoms with Crippen LogP contribution in [0.1, 0.15) is 30.1 Å². The van der Waals surface area contributed by atoms with E-state index in [4.69, 9.17) is 0 Å². The Morgan fingerprint density at radius 2 is 1.96 bits per heavy atom. The molecule has 0 saturated carbocycles. The zero-order chi connectivity index (χ0) is 19.9. The number of rotatable bonds is 5. The van der Waals surface area contributed by atoms with Crippen molar-refractivity contribution < 1.29 is 8.42 Å². The van der Waals surface area contributed by atoms with Gasteiger partial charge in [-0.25, -0.2) is 22.9 Å². The van der Waals surface area contributed by atoms with Crippen LogP contribution in [0.5, 0.6) is 0 Å². The Kier molecular flexibility index (Phi) is 4.98. The van der Waals surface area contributed by atoms with E-state index in [1.807, 2.05) is 17.5 Å². The van der Waals surface area contributed by atoms with Gasteiger partial charge in [-0.1, -0.05) is 0 Å². The summed E-state index contributed by atoms with van der Waals surface area (Å²) in [6, 6.07) is 3.78. The van der Waals surface area contributed by atoms with Gasteiger partial charge in [-0.3, -0.25) is 5.10 Å². The Labute approximate surface area is 166 Å². The van der Waals surface area contributed by atoms with Gasteiger partial charge in [0.1, 0.15) is 15.7 Å². The SMILES string of the molecule is Cc1n[nH]c(C)c1S(=O)(=O)N1CCC(Cc2n[nH]c(=O)n2-c2cccs2)CC1. The number of nitrogens with zero attached hydrogens (tertiary/aromatic N) is 4. The first-order valence-electron chi connectivity index (χ1n) is 9.10. The maximum absolute atomic E-state index is 13.0. The van der Waals surface area contributed by atoms with Crippen molar-refractivity contribution in [2.75, 3.05) is 13.1 Å². The van der Waals surface area contributed by atoms with E-state index in [-0.39, 0.29) is 16.5 Å². The Morgan fingerprint density at radius 1 is 1.21 bits per heavy atom. The molecule has 2 N–H and O–H groups in total. The highest BCUT2D eigenvalue weighted by Crippen LogP contribution is 2.28. The molecule has 4 rings (SSSR count). The zero-order valence-corrected chi connectivity index (χ0v) is 17.3. The number of aryl methyl sites for hydroxylation is 2. The summed E-state index contributed by atoms with van der Waals surface area (Å²) in [7, 11) is -3.55. The van der Waals surface area contributed by atoms with Crippen LogP contribution in [0.3, 0.4) is 0 Å². The first-order valence-corrected chi connectivity index (χ1v) is 11.4. The van der Waals surface area contributed by atoms with Gasteiger partial charge in [0.25, 0.3) is 0 Å². The molecular weight excluding hydrogens is 400 g/mol. The fraction of sp³-hybridized carbons (Fsp3) is 0.471. The predicted octanol–water partition coefficient (Wildman–Crippen LogP) is 1.61. The molecule has 0 unspecified atom stereocenters. The lowest BCUT2D eigenvalue weighted by Crippen LogP contribution is -2.39. The van der Waals surface area contributed by atoms with Gasteiger partial charge in [0.2, 0.25) is 10.0 Å². The second-order valence-electron chi connectivity index (χ2n) is 7.05. The highest BCUT2D eigenvalue weighted by Gasteiger charge is 2.33. The first kappa shape index (κ1) is 19.1. The Hall–Kier alpha value is -2.24. The number of aromatic nitrogens is 5. The van der Waals surface area contributed by atoms with Crippen LogP contribution >= 0.6 is 11.3 Å². The van der Waals surface area contributed by atoms with E-state index in [1.165, 1.54) is 15.6 Å². The molecule has 9 nitrogen and oxygen atoms in total. The molecule has 0 atom stereocenters. The number of hydrogen-bond donors (Lipinski definition) is 2. The topological polar surface area (TPSA) is 117 Å². The molecule has 1 saturated heterocycles. The molecular formula is C17H22N6O3S2. The van der Waals surface area contributed by atoms with Gasteiger partial charge in [-0.2, -0.15) is 14.5 Å². The lowest BCUT2D eigenvalue weighted by molar-refractivity contribution is 0.269. The number of hydrogen-bond acceptors (Lipinski definition) is 6. The van der Waals surface area contributed by atoms with Crippen LogP contribution in [0.25, 0.3) is 5.00 Å². The smallest absolute Gasteiger partial charge is 0.281 e. The van der Waals surface area contributed by atoms with Crippen LogP contribution < -0.4 is 5.69 Å². The van der Waals surface area contributed by atoms with E-state index in [2.05, 4.69) is 20.4 Å². The van der Waals surface area contributed by atoms with Gasteiger partial charge in [0, 0.05) is 19.5 Å². The molecule has 0 bridgehead atoms. The molecule has 1 aliphatic rings. The molecule has 0 spiro atoms. The molecule has 1 aliphatic heterocycles. The summed E-state index contributed by atoms with van der Waals surface area (Å²) < 4.78 is 29.1. The van der Waals surface area contributed by atoms with Crippen LogP contribution in [0, 0.1) is 19.8 Å². The predicted molar refractivity (Wildman–Crippen MR) is 105 cm³/mol. The Balaban J connectivity index is 1.47. The number of H-pyrrole nitrogens is 2. The Bertz CT molecular complexity index is 1100. The third kappa shape index (κ3) is 3.33. The van der Waals surface area contributed by atoms with Crippen LogP contribution in [0.4, 0.5) is 0 Å². The number of thiophene rings is 1. The van der Waals surface area contributed by atoms with E-state index in [0.717, 1.165) is 17.8 Å². The van der Waals surface area contributed by atoms with E-state index < -0.39 is 10.0 Å². The normalized spacial score (nSPS) is 16.6. The minimum Gasteiger partial charge on any atom is -0.281 e. The fourth-order valence-corrected chi connectivity index (χ4v) is 6.30. The lowest BCUT2D eigenvalue weighted by Gasteiger charge is -2.31. The molecule has 0 aliphatic carbocycles. The standard InChI is InChI=1S/C17H22N6O3S2/c1-11-16(12(2)19-18-11)28(25,26)22-7-5-13(6-8-22)10-14-20-21-17(24)23(14)15-4-3-9-27-15/h3-4,9,13H,5-8,10H2,1-2H3,(H,18,19)(H,21,24). The summed E-state index contributed by atoms with van der Waals surface area (Å²) in [5.74, 6) is 0.960. The molecule has 4 heterocycles. The van der Waals surface area contributed by atoms with Gasteiger partial charge < -0.3 is 0 Å². The van der Waals surface area contributed by atoms with Gasteiger partial charge in [-0.05, 0) is 50.1 Å². The maximum Gasteiger partial charge on any atom is 0.348 e. The van der Waals surface area contributed by atoms with Crippen LogP contribution in [0.15, 0.2) is 27.2 Å². The van der Waals surface area contributed by atoms with Gasteiger partial charge in [0.05, 0.1) is 11.4 Å². The molecule has 0 amide bonds. The molecule has 0 radical (unpaired) electrons. The summed E-state index contributed by atoms with van der Waals surface area (Å²) >= 11 is 1.48. The molecule has 150 valence electrons. The average molecular weight is 423 g/mol. The van der Waals surface area contributed by atoms with Crippen molar-refractivity contribution in [3.8, 4) is 5.00 Å². The van der Waals surface area contributed by atoms with Crippen LogP contribution in [0.2, 0.25) is 0 Å². The van der Waals surface area contributed by atoms with E-state index in [1.54, 1.807) is 18.4 Å². The number of sulfonamides is 1. The largest absolute Gasteiger partial charge is 0.348 e. The van der Waals surface area contributed by atoms with E-state index >= 15 is 0 Å². The highest BCUT2D eigenvalue weighted by molar-refractivity contribution is 7.89. The number of piperidine rings is 1. The van der Waals surface area contributed by atoms with Crippen molar-refractivity contribution in [3.05, 3.63) is 45.2 Å². The van der Waals surface area contributed by atoms with Gasteiger partial charge in [0.15, 0.2) is 0 Å². The third-order valence-corrected chi connectivity index (χ3v) is 8.19. The maximum atomic E-state index is 13.0. The molecule has 3 aromatic rings. The molecule has 3 aromatic heterocycles. The van der Waals surface area contributed by atoms with Crippen molar-refractivity contribution >= 4 is 21.4 Å². The molecule has 28 heavy (non-hydrogen) atoms. The zero-order valence-electron chi connectivity index (χ0n) is 15.7. The molecule has 11 heteroatoms. The minimum absolute atomic E-state index is 0.247. The second-order valence-corrected chi connectivity index (χ2v) is 9.85. The lowest BCUT2D eigenvalue weighted by atomic mass is 9.94. The number of nitrogens with one attached hydrogen (secondary N) is 2. The van der Waals surface area contributed by atoms with Crippen LogP contribution in [-0.2, 0) is 16.4 Å². The molecule has 1 fully saturated rings. The fourth-order valence-electron chi connectivity index (χ4n) is 3.75. The van der Waals surface area contributed by atoms with Crippen LogP contribution in [-0.4, -0.2) is 50.8 Å². The average Bonchev–Trinajstić information content (AvgIpc) is 3.37. The number of aromatic amines is 2. The van der Waals surface area contributed by atoms with E-state index in [9.17, 15) is 13.2 Å². The summed E-state index contributed by atoms with van der Waals surface area (Å²) in [4.78, 5) is 12.4. The summed E-state index contributed by atoms with van der Waals surface area (Å²) in [5.41, 5.74) is 0.815. The van der Waals surface area contributed by atoms with Crippen molar-refractivity contribution in [1.29, 1.82) is 0 Å².